The minimum atomic E-state index is -0.569. The standard InChI is InChI=1S/C12H11ClIN3O2/c1-6-16-10(12(18)19-2)11(15)17(6)9-4-3-7(14)5-8(9)13/h3-5H,15H2,1-2H3. The number of rotatable bonds is 2. The van der Waals surface area contributed by atoms with E-state index in [0.717, 1.165) is 3.57 Å². The van der Waals surface area contributed by atoms with Crippen LogP contribution in [0.5, 0.6) is 0 Å². The number of anilines is 1. The van der Waals surface area contributed by atoms with E-state index in [1.807, 2.05) is 18.2 Å². The molecule has 100 valence electrons. The number of hydrogen-bond acceptors (Lipinski definition) is 4. The smallest absolute Gasteiger partial charge is 0.360 e. The molecular formula is C12H11ClIN3O2. The Morgan fingerprint density at radius 1 is 1.53 bits per heavy atom. The zero-order valence-electron chi connectivity index (χ0n) is 10.3. The molecule has 0 aliphatic heterocycles. The summed E-state index contributed by atoms with van der Waals surface area (Å²) < 4.78 is 7.28. The highest BCUT2D eigenvalue weighted by Crippen LogP contribution is 2.28. The molecule has 0 spiro atoms. The number of benzene rings is 1. The monoisotopic (exact) mass is 391 g/mol. The van der Waals surface area contributed by atoms with Gasteiger partial charge in [0.2, 0.25) is 0 Å². The van der Waals surface area contributed by atoms with Crippen molar-refractivity contribution in [3.8, 4) is 5.69 Å². The lowest BCUT2D eigenvalue weighted by molar-refractivity contribution is 0.0596. The number of aromatic nitrogens is 2. The SMILES string of the molecule is COC(=O)c1nc(C)n(-c2ccc(I)cc2Cl)c1N. The first kappa shape index (κ1) is 14.1. The quantitative estimate of drug-likeness (QED) is 0.631. The number of carbonyl (C=O) groups is 1. The Bertz CT molecular complexity index is 655. The lowest BCUT2D eigenvalue weighted by atomic mass is 10.3. The number of aryl methyl sites for hydroxylation is 1. The van der Waals surface area contributed by atoms with Gasteiger partial charge in [0.25, 0.3) is 0 Å². The summed E-state index contributed by atoms with van der Waals surface area (Å²) in [6.07, 6.45) is 0. The predicted molar refractivity (Wildman–Crippen MR) is 81.8 cm³/mol. The van der Waals surface area contributed by atoms with Crippen molar-refractivity contribution in [1.82, 2.24) is 9.55 Å². The molecule has 5 nitrogen and oxygen atoms in total. The van der Waals surface area contributed by atoms with Crippen molar-refractivity contribution in [3.63, 3.8) is 0 Å². The van der Waals surface area contributed by atoms with Crippen molar-refractivity contribution >= 4 is 46.0 Å². The number of nitrogens with zero attached hydrogens (tertiary/aromatic N) is 2. The average molecular weight is 392 g/mol. The zero-order valence-corrected chi connectivity index (χ0v) is 13.2. The van der Waals surface area contributed by atoms with Gasteiger partial charge in [0.05, 0.1) is 17.8 Å². The van der Waals surface area contributed by atoms with Gasteiger partial charge in [-0.2, -0.15) is 0 Å². The summed E-state index contributed by atoms with van der Waals surface area (Å²) in [5.41, 5.74) is 6.73. The minimum absolute atomic E-state index is 0.0922. The molecule has 0 aliphatic carbocycles. The summed E-state index contributed by atoms with van der Waals surface area (Å²) in [6.45, 7) is 1.75. The molecule has 0 fully saturated rings. The van der Waals surface area contributed by atoms with Gasteiger partial charge >= 0.3 is 5.97 Å². The minimum Gasteiger partial charge on any atom is -0.464 e. The highest BCUT2D eigenvalue weighted by molar-refractivity contribution is 14.1. The van der Waals surface area contributed by atoms with Gasteiger partial charge in [-0.3, -0.25) is 4.57 Å². The van der Waals surface area contributed by atoms with E-state index in [-0.39, 0.29) is 11.5 Å². The van der Waals surface area contributed by atoms with Gasteiger partial charge in [-0.05, 0) is 47.7 Å². The first-order valence-corrected chi connectivity index (χ1v) is 6.80. The predicted octanol–water partition coefficient (Wildman–Crippen LogP) is 2.81. The molecule has 1 aromatic heterocycles. The number of ether oxygens (including phenoxy) is 1. The maximum atomic E-state index is 11.6. The Balaban J connectivity index is 2.63. The fraction of sp³-hybridized carbons (Fsp3) is 0.167. The Hall–Kier alpha value is -1.28. The van der Waals surface area contributed by atoms with Crippen LogP contribution in [0.25, 0.3) is 5.69 Å². The number of methoxy groups -OCH3 is 1. The topological polar surface area (TPSA) is 70.1 Å². The fourth-order valence-corrected chi connectivity index (χ4v) is 2.70. The molecule has 0 radical (unpaired) electrons. The van der Waals surface area contributed by atoms with Crippen LogP contribution in [0, 0.1) is 10.5 Å². The number of nitrogen functional groups attached to an aromatic ring is 1. The van der Waals surface area contributed by atoms with Crippen molar-refractivity contribution in [2.24, 2.45) is 0 Å². The third kappa shape index (κ3) is 2.55. The highest BCUT2D eigenvalue weighted by Gasteiger charge is 2.21. The molecule has 1 aromatic carbocycles. The Morgan fingerprint density at radius 2 is 2.21 bits per heavy atom. The van der Waals surface area contributed by atoms with Crippen molar-refractivity contribution < 1.29 is 9.53 Å². The van der Waals surface area contributed by atoms with Gasteiger partial charge in [0.15, 0.2) is 5.69 Å². The fourth-order valence-electron chi connectivity index (χ4n) is 1.76. The van der Waals surface area contributed by atoms with Gasteiger partial charge < -0.3 is 10.5 Å². The molecular weight excluding hydrogens is 381 g/mol. The molecule has 0 saturated carbocycles. The summed E-state index contributed by atoms with van der Waals surface area (Å²) in [5.74, 6) is 0.217. The molecule has 0 bridgehead atoms. The van der Waals surface area contributed by atoms with Gasteiger partial charge in [-0.25, -0.2) is 9.78 Å². The van der Waals surface area contributed by atoms with Gasteiger partial charge in [-0.15, -0.1) is 0 Å². The van der Waals surface area contributed by atoms with E-state index in [9.17, 15) is 4.79 Å². The second-order valence-electron chi connectivity index (χ2n) is 3.82. The Morgan fingerprint density at radius 3 is 2.79 bits per heavy atom. The van der Waals surface area contributed by atoms with E-state index in [1.54, 1.807) is 11.5 Å². The molecule has 7 heteroatoms. The van der Waals surface area contributed by atoms with Crippen LogP contribution in [0.3, 0.4) is 0 Å². The van der Waals surface area contributed by atoms with E-state index in [0.29, 0.717) is 16.5 Å². The van der Waals surface area contributed by atoms with Crippen LogP contribution >= 0.6 is 34.2 Å². The maximum absolute atomic E-state index is 11.6. The third-order valence-corrected chi connectivity index (χ3v) is 3.58. The number of nitrogens with two attached hydrogens (primary N) is 1. The largest absolute Gasteiger partial charge is 0.464 e. The van der Waals surface area contributed by atoms with Crippen LogP contribution < -0.4 is 5.73 Å². The number of hydrogen-bond donors (Lipinski definition) is 1. The summed E-state index contributed by atoms with van der Waals surface area (Å²) in [4.78, 5) is 15.7. The molecule has 2 rings (SSSR count). The van der Waals surface area contributed by atoms with Crippen LogP contribution in [0.4, 0.5) is 5.82 Å². The summed E-state index contributed by atoms with van der Waals surface area (Å²) in [7, 11) is 1.29. The van der Waals surface area contributed by atoms with Crippen molar-refractivity contribution in [2.75, 3.05) is 12.8 Å². The van der Waals surface area contributed by atoms with E-state index < -0.39 is 5.97 Å². The normalized spacial score (nSPS) is 10.5. The lowest BCUT2D eigenvalue weighted by Gasteiger charge is -2.10. The third-order valence-electron chi connectivity index (χ3n) is 2.61. The molecule has 0 unspecified atom stereocenters. The summed E-state index contributed by atoms with van der Waals surface area (Å²) in [5, 5.41) is 0.538. The Kier molecular flexibility index (Phi) is 4.00. The number of halogens is 2. The van der Waals surface area contributed by atoms with Crippen LogP contribution in [0.2, 0.25) is 5.02 Å². The molecule has 2 N–H and O–H groups in total. The lowest BCUT2D eigenvalue weighted by Crippen LogP contribution is -2.08. The van der Waals surface area contributed by atoms with Crippen molar-refractivity contribution in [3.05, 3.63) is 38.3 Å². The van der Waals surface area contributed by atoms with Crippen LogP contribution in [0.15, 0.2) is 18.2 Å². The van der Waals surface area contributed by atoms with Crippen LogP contribution in [-0.4, -0.2) is 22.6 Å². The maximum Gasteiger partial charge on any atom is 0.360 e. The van der Waals surface area contributed by atoms with E-state index in [1.165, 1.54) is 7.11 Å². The second kappa shape index (κ2) is 5.38. The van der Waals surface area contributed by atoms with E-state index in [4.69, 9.17) is 17.3 Å². The Labute approximate surface area is 128 Å². The molecule has 1 heterocycles. The van der Waals surface area contributed by atoms with Crippen LogP contribution in [0.1, 0.15) is 16.3 Å². The van der Waals surface area contributed by atoms with Crippen molar-refractivity contribution in [1.29, 1.82) is 0 Å². The zero-order chi connectivity index (χ0) is 14.2. The molecule has 0 amide bonds. The summed E-state index contributed by atoms with van der Waals surface area (Å²) >= 11 is 8.37. The first-order chi connectivity index (χ1) is 8.95. The second-order valence-corrected chi connectivity index (χ2v) is 5.47. The van der Waals surface area contributed by atoms with Crippen molar-refractivity contribution in [2.45, 2.75) is 6.92 Å². The number of esters is 1. The van der Waals surface area contributed by atoms with Gasteiger partial charge in [0, 0.05) is 3.57 Å². The summed E-state index contributed by atoms with van der Waals surface area (Å²) in [6, 6.07) is 5.54. The molecule has 0 aliphatic rings. The highest BCUT2D eigenvalue weighted by atomic mass is 127. The molecule has 0 atom stereocenters. The molecule has 19 heavy (non-hydrogen) atoms. The van der Waals surface area contributed by atoms with Gasteiger partial charge in [-0.1, -0.05) is 11.6 Å². The van der Waals surface area contributed by atoms with E-state index in [2.05, 4.69) is 32.3 Å². The van der Waals surface area contributed by atoms with Crippen LogP contribution in [-0.2, 0) is 4.74 Å². The first-order valence-electron chi connectivity index (χ1n) is 5.34. The number of carbonyl (C=O) groups excluding carboxylic acids is 1. The van der Waals surface area contributed by atoms with E-state index >= 15 is 0 Å². The molecule has 0 saturated heterocycles. The van der Waals surface area contributed by atoms with Gasteiger partial charge in [0.1, 0.15) is 11.6 Å². The molecule has 2 aromatic rings. The average Bonchev–Trinajstić information content (AvgIpc) is 2.65. The number of imidazole rings is 1.